The summed E-state index contributed by atoms with van der Waals surface area (Å²) in [6, 6.07) is 5.11. The Kier molecular flexibility index (Phi) is 6.24. The Labute approximate surface area is 177 Å². The van der Waals surface area contributed by atoms with E-state index in [2.05, 4.69) is 29.0 Å². The van der Waals surface area contributed by atoms with Gasteiger partial charge in [0.15, 0.2) is 0 Å². The van der Waals surface area contributed by atoms with Gasteiger partial charge < -0.3 is 15.0 Å². The molecule has 3 fully saturated rings. The standard InChI is InChI=1S/C22H32N4O4/c1-15-12-24(13-16(2)30-15)14-17-7-9-25(10-8-17)20-6-3-18(11-21(20)26(28)29)22(27)23-19-4-5-19/h3,6,11,15-17,19H,4-5,7-10,12-14H2,1-2H3,(H,23,27). The van der Waals surface area contributed by atoms with Gasteiger partial charge in [0.05, 0.1) is 17.1 Å². The van der Waals surface area contributed by atoms with E-state index in [1.807, 2.05) is 0 Å². The van der Waals surface area contributed by atoms with E-state index in [4.69, 9.17) is 4.74 Å². The SMILES string of the molecule is CC1CN(CC2CCN(c3ccc(C(=O)NC4CC4)cc3[N+](=O)[O-])CC2)CC(C)O1. The molecule has 0 aromatic heterocycles. The van der Waals surface area contributed by atoms with E-state index in [9.17, 15) is 14.9 Å². The zero-order valence-electron chi connectivity index (χ0n) is 17.9. The molecular weight excluding hydrogens is 384 g/mol. The second kappa shape index (κ2) is 8.89. The molecule has 8 nitrogen and oxygen atoms in total. The minimum absolute atomic E-state index is 0.0210. The Bertz CT molecular complexity index is 779. The van der Waals surface area contributed by atoms with Gasteiger partial charge in [-0.3, -0.25) is 19.8 Å². The molecule has 164 valence electrons. The third kappa shape index (κ3) is 5.10. The normalized spacial score (nSPS) is 25.9. The summed E-state index contributed by atoms with van der Waals surface area (Å²) in [4.78, 5) is 28.2. The predicted octanol–water partition coefficient (Wildman–Crippen LogP) is 2.81. The molecule has 8 heteroatoms. The number of carbonyl (C=O) groups excluding carboxylic acids is 1. The third-order valence-corrected chi connectivity index (χ3v) is 6.31. The zero-order valence-corrected chi connectivity index (χ0v) is 17.9. The zero-order chi connectivity index (χ0) is 21.3. The number of nitro benzene ring substituents is 1. The van der Waals surface area contributed by atoms with Crippen LogP contribution in [0.1, 0.15) is 49.9 Å². The molecule has 1 aromatic carbocycles. The fraction of sp³-hybridized carbons (Fsp3) is 0.682. The number of nitrogens with zero attached hydrogens (tertiary/aromatic N) is 3. The number of nitro groups is 1. The van der Waals surface area contributed by atoms with E-state index < -0.39 is 0 Å². The number of amides is 1. The van der Waals surface area contributed by atoms with Crippen molar-refractivity contribution in [1.82, 2.24) is 10.2 Å². The minimum Gasteiger partial charge on any atom is -0.373 e. The lowest BCUT2D eigenvalue weighted by molar-refractivity contribution is -0.384. The molecular formula is C22H32N4O4. The van der Waals surface area contributed by atoms with Gasteiger partial charge in [0.1, 0.15) is 5.69 Å². The maximum Gasteiger partial charge on any atom is 0.293 e. The largest absolute Gasteiger partial charge is 0.373 e. The lowest BCUT2D eigenvalue weighted by atomic mass is 9.95. The molecule has 0 radical (unpaired) electrons. The highest BCUT2D eigenvalue weighted by Crippen LogP contribution is 2.33. The van der Waals surface area contributed by atoms with Gasteiger partial charge in [-0.1, -0.05) is 0 Å². The monoisotopic (exact) mass is 416 g/mol. The maximum absolute atomic E-state index is 12.3. The first kappa shape index (κ1) is 21.1. The molecule has 3 aliphatic rings. The van der Waals surface area contributed by atoms with Crippen LogP contribution in [0, 0.1) is 16.0 Å². The van der Waals surface area contributed by atoms with Crippen molar-refractivity contribution in [3.05, 3.63) is 33.9 Å². The molecule has 1 saturated carbocycles. The topological polar surface area (TPSA) is 88.0 Å². The van der Waals surface area contributed by atoms with Gasteiger partial charge in [-0.25, -0.2) is 0 Å². The predicted molar refractivity (Wildman–Crippen MR) is 115 cm³/mol. The highest BCUT2D eigenvalue weighted by molar-refractivity contribution is 5.96. The van der Waals surface area contributed by atoms with Gasteiger partial charge in [-0.05, 0) is 57.6 Å². The molecule has 1 aliphatic carbocycles. The maximum atomic E-state index is 12.3. The molecule has 30 heavy (non-hydrogen) atoms. The fourth-order valence-electron chi connectivity index (χ4n) is 4.73. The van der Waals surface area contributed by atoms with E-state index in [0.717, 1.165) is 58.4 Å². The molecule has 2 aliphatic heterocycles. The molecule has 2 unspecified atom stereocenters. The number of ether oxygens (including phenoxy) is 1. The summed E-state index contributed by atoms with van der Waals surface area (Å²) in [5.74, 6) is 0.376. The van der Waals surface area contributed by atoms with Crippen LogP contribution < -0.4 is 10.2 Å². The number of nitrogens with one attached hydrogen (secondary N) is 1. The molecule has 0 spiro atoms. The molecule has 2 atom stereocenters. The smallest absolute Gasteiger partial charge is 0.293 e. The second-order valence-corrected chi connectivity index (χ2v) is 9.11. The summed E-state index contributed by atoms with van der Waals surface area (Å²) in [5, 5.41) is 14.6. The average Bonchev–Trinajstić information content (AvgIpc) is 3.51. The summed E-state index contributed by atoms with van der Waals surface area (Å²) in [6.07, 6.45) is 4.55. The fourth-order valence-corrected chi connectivity index (χ4v) is 4.73. The van der Waals surface area contributed by atoms with Crippen LogP contribution in [0.25, 0.3) is 0 Å². The third-order valence-electron chi connectivity index (χ3n) is 6.31. The Hall–Kier alpha value is -2.19. The molecule has 4 rings (SSSR count). The first-order valence-electron chi connectivity index (χ1n) is 11.1. The first-order valence-corrected chi connectivity index (χ1v) is 11.1. The molecule has 1 aromatic rings. The Morgan fingerprint density at radius 3 is 2.43 bits per heavy atom. The van der Waals surface area contributed by atoms with Crippen molar-refractivity contribution in [3.8, 4) is 0 Å². The van der Waals surface area contributed by atoms with Crippen LogP contribution in [0.2, 0.25) is 0 Å². The Morgan fingerprint density at radius 1 is 1.17 bits per heavy atom. The highest BCUT2D eigenvalue weighted by Gasteiger charge is 2.30. The number of hydrogen-bond donors (Lipinski definition) is 1. The molecule has 2 saturated heterocycles. The van der Waals surface area contributed by atoms with Gasteiger partial charge in [-0.2, -0.15) is 0 Å². The van der Waals surface area contributed by atoms with Gasteiger partial charge in [-0.15, -0.1) is 0 Å². The number of piperidine rings is 1. The summed E-state index contributed by atoms with van der Waals surface area (Å²) >= 11 is 0. The summed E-state index contributed by atoms with van der Waals surface area (Å²) < 4.78 is 5.82. The quantitative estimate of drug-likeness (QED) is 0.567. The van der Waals surface area contributed by atoms with Crippen LogP contribution in [0.5, 0.6) is 0 Å². The van der Waals surface area contributed by atoms with E-state index in [0.29, 0.717) is 17.2 Å². The van der Waals surface area contributed by atoms with Crippen molar-refractivity contribution in [1.29, 1.82) is 0 Å². The van der Waals surface area contributed by atoms with Crippen molar-refractivity contribution < 1.29 is 14.5 Å². The summed E-state index contributed by atoms with van der Waals surface area (Å²) in [7, 11) is 0. The number of rotatable bonds is 6. The van der Waals surface area contributed by atoms with Crippen LogP contribution in [0.3, 0.4) is 0 Å². The summed E-state index contributed by atoms with van der Waals surface area (Å²) in [6.45, 7) is 8.86. The molecule has 2 heterocycles. The van der Waals surface area contributed by atoms with Gasteiger partial charge >= 0.3 is 0 Å². The minimum atomic E-state index is -0.369. The number of anilines is 1. The lowest BCUT2D eigenvalue weighted by Gasteiger charge is -2.39. The Balaban J connectivity index is 1.37. The Morgan fingerprint density at radius 2 is 1.83 bits per heavy atom. The van der Waals surface area contributed by atoms with Crippen molar-refractivity contribution >= 4 is 17.3 Å². The highest BCUT2D eigenvalue weighted by atomic mass is 16.6. The van der Waals surface area contributed by atoms with Crippen LogP contribution >= 0.6 is 0 Å². The number of benzene rings is 1. The van der Waals surface area contributed by atoms with E-state index in [1.165, 1.54) is 6.07 Å². The van der Waals surface area contributed by atoms with Crippen LogP contribution in [0.15, 0.2) is 18.2 Å². The van der Waals surface area contributed by atoms with Gasteiger partial charge in [0.2, 0.25) is 0 Å². The van der Waals surface area contributed by atoms with Gasteiger partial charge in [0, 0.05) is 50.4 Å². The molecule has 1 amide bonds. The van der Waals surface area contributed by atoms with Gasteiger partial charge in [0.25, 0.3) is 11.6 Å². The lowest BCUT2D eigenvalue weighted by Crippen LogP contribution is -2.48. The number of morpholine rings is 1. The second-order valence-electron chi connectivity index (χ2n) is 9.11. The van der Waals surface area contributed by atoms with Crippen molar-refractivity contribution in [2.75, 3.05) is 37.6 Å². The van der Waals surface area contributed by atoms with Crippen molar-refractivity contribution in [2.24, 2.45) is 5.92 Å². The van der Waals surface area contributed by atoms with E-state index >= 15 is 0 Å². The summed E-state index contributed by atoms with van der Waals surface area (Å²) in [5.41, 5.74) is 1.01. The number of carbonyl (C=O) groups is 1. The number of hydrogen-bond acceptors (Lipinski definition) is 6. The van der Waals surface area contributed by atoms with Crippen LogP contribution in [0.4, 0.5) is 11.4 Å². The molecule has 0 bridgehead atoms. The molecule has 1 N–H and O–H groups in total. The first-order chi connectivity index (χ1) is 14.4. The van der Waals surface area contributed by atoms with E-state index in [1.54, 1.807) is 12.1 Å². The van der Waals surface area contributed by atoms with Crippen LogP contribution in [-0.4, -0.2) is 66.7 Å². The van der Waals surface area contributed by atoms with Crippen molar-refractivity contribution in [3.63, 3.8) is 0 Å². The average molecular weight is 417 g/mol. The van der Waals surface area contributed by atoms with E-state index in [-0.39, 0.29) is 34.8 Å². The van der Waals surface area contributed by atoms with Crippen LogP contribution in [-0.2, 0) is 4.74 Å². The van der Waals surface area contributed by atoms with Crippen molar-refractivity contribution in [2.45, 2.75) is 57.8 Å².